The van der Waals surface area contributed by atoms with Crippen LogP contribution < -0.4 is 5.73 Å². The lowest BCUT2D eigenvalue weighted by atomic mass is 9.97. The van der Waals surface area contributed by atoms with Crippen LogP contribution in [0.2, 0.25) is 0 Å². The van der Waals surface area contributed by atoms with Gasteiger partial charge >= 0.3 is 5.97 Å². The Balaban J connectivity index is 2.24. The summed E-state index contributed by atoms with van der Waals surface area (Å²) >= 11 is 0. The Morgan fingerprint density at radius 1 is 1.38 bits per heavy atom. The maximum atomic E-state index is 11.7. The molecule has 0 saturated heterocycles. The minimum atomic E-state index is -0.887. The molecule has 0 aliphatic heterocycles. The van der Waals surface area contributed by atoms with Gasteiger partial charge in [-0.15, -0.1) is 0 Å². The topological polar surface area (TPSA) is 68.5 Å². The van der Waals surface area contributed by atoms with E-state index in [1.165, 1.54) is 5.56 Å². The van der Waals surface area contributed by atoms with E-state index in [4.69, 9.17) is 10.5 Å². The van der Waals surface area contributed by atoms with E-state index in [2.05, 4.69) is 16.9 Å². The van der Waals surface area contributed by atoms with E-state index in [1.54, 1.807) is 13.8 Å². The summed E-state index contributed by atoms with van der Waals surface area (Å²) in [6.45, 7) is 5.79. The SMILES string of the molecule is CCOC(=O)C(C)(N)CCCN(C)CCc1ccncc1. The molecule has 1 heterocycles. The molecule has 0 spiro atoms. The monoisotopic (exact) mass is 293 g/mol. The maximum Gasteiger partial charge on any atom is 0.325 e. The molecule has 0 saturated carbocycles. The summed E-state index contributed by atoms with van der Waals surface area (Å²) in [7, 11) is 2.08. The second-order valence-electron chi connectivity index (χ2n) is 5.65. The van der Waals surface area contributed by atoms with Crippen LogP contribution in [0.15, 0.2) is 24.5 Å². The number of hydrogen-bond donors (Lipinski definition) is 1. The van der Waals surface area contributed by atoms with Gasteiger partial charge in [-0.3, -0.25) is 9.78 Å². The van der Waals surface area contributed by atoms with Gasteiger partial charge in [0.15, 0.2) is 0 Å². The fraction of sp³-hybridized carbons (Fsp3) is 0.625. The Bertz CT molecular complexity index is 421. The van der Waals surface area contributed by atoms with Gasteiger partial charge in [0, 0.05) is 18.9 Å². The number of nitrogens with two attached hydrogens (primary N) is 1. The lowest BCUT2D eigenvalue weighted by Crippen LogP contribution is -2.46. The number of carbonyl (C=O) groups excluding carboxylic acids is 1. The van der Waals surface area contributed by atoms with E-state index in [1.807, 2.05) is 24.5 Å². The average Bonchev–Trinajstić information content (AvgIpc) is 2.46. The normalized spacial score (nSPS) is 14.0. The smallest absolute Gasteiger partial charge is 0.325 e. The zero-order valence-electron chi connectivity index (χ0n) is 13.3. The molecule has 0 radical (unpaired) electrons. The number of nitrogens with zero attached hydrogens (tertiary/aromatic N) is 2. The van der Waals surface area contributed by atoms with Gasteiger partial charge < -0.3 is 15.4 Å². The predicted octanol–water partition coefficient (Wildman–Crippen LogP) is 1.62. The lowest BCUT2D eigenvalue weighted by Gasteiger charge is -2.24. The first-order valence-electron chi connectivity index (χ1n) is 7.49. The fourth-order valence-electron chi connectivity index (χ4n) is 2.10. The molecule has 5 nitrogen and oxygen atoms in total. The summed E-state index contributed by atoms with van der Waals surface area (Å²) in [5.41, 5.74) is 6.39. The first-order chi connectivity index (χ1) is 9.95. The van der Waals surface area contributed by atoms with Crippen molar-refractivity contribution in [1.29, 1.82) is 0 Å². The quantitative estimate of drug-likeness (QED) is 0.701. The van der Waals surface area contributed by atoms with Crippen molar-refractivity contribution in [3.8, 4) is 0 Å². The van der Waals surface area contributed by atoms with Gasteiger partial charge in [-0.25, -0.2) is 0 Å². The highest BCUT2D eigenvalue weighted by atomic mass is 16.5. The van der Waals surface area contributed by atoms with Crippen molar-refractivity contribution in [3.63, 3.8) is 0 Å². The first kappa shape index (κ1) is 17.6. The lowest BCUT2D eigenvalue weighted by molar-refractivity contribution is -0.149. The van der Waals surface area contributed by atoms with Crippen LogP contribution in [0.1, 0.15) is 32.3 Å². The van der Waals surface area contributed by atoms with Gasteiger partial charge in [-0.1, -0.05) is 0 Å². The largest absolute Gasteiger partial charge is 0.465 e. The van der Waals surface area contributed by atoms with Crippen LogP contribution in [-0.4, -0.2) is 48.1 Å². The highest BCUT2D eigenvalue weighted by Gasteiger charge is 2.29. The summed E-state index contributed by atoms with van der Waals surface area (Å²) in [5, 5.41) is 0. The van der Waals surface area contributed by atoms with E-state index < -0.39 is 5.54 Å². The van der Waals surface area contributed by atoms with E-state index in [0.717, 1.165) is 25.9 Å². The fourth-order valence-corrected chi connectivity index (χ4v) is 2.10. The van der Waals surface area contributed by atoms with Gasteiger partial charge in [-0.2, -0.15) is 0 Å². The molecule has 0 aliphatic carbocycles. The molecule has 5 heteroatoms. The third kappa shape index (κ3) is 6.69. The van der Waals surface area contributed by atoms with Crippen LogP contribution in [-0.2, 0) is 16.0 Å². The molecule has 0 aromatic carbocycles. The van der Waals surface area contributed by atoms with Crippen LogP contribution in [0, 0.1) is 0 Å². The molecular weight excluding hydrogens is 266 g/mol. The van der Waals surface area contributed by atoms with Crippen molar-refractivity contribution in [1.82, 2.24) is 9.88 Å². The van der Waals surface area contributed by atoms with Gasteiger partial charge in [0.25, 0.3) is 0 Å². The van der Waals surface area contributed by atoms with Crippen molar-refractivity contribution >= 4 is 5.97 Å². The number of esters is 1. The number of rotatable bonds is 9. The zero-order chi connectivity index (χ0) is 15.7. The van der Waals surface area contributed by atoms with E-state index in [9.17, 15) is 4.79 Å². The maximum absolute atomic E-state index is 11.7. The highest BCUT2D eigenvalue weighted by Crippen LogP contribution is 2.11. The Morgan fingerprint density at radius 3 is 2.67 bits per heavy atom. The van der Waals surface area contributed by atoms with Gasteiger partial charge in [0.05, 0.1) is 6.61 Å². The molecule has 0 amide bonds. The molecule has 0 aliphatic rings. The van der Waals surface area contributed by atoms with Crippen molar-refractivity contribution in [3.05, 3.63) is 30.1 Å². The highest BCUT2D eigenvalue weighted by molar-refractivity contribution is 5.79. The van der Waals surface area contributed by atoms with Crippen molar-refractivity contribution in [2.24, 2.45) is 5.73 Å². The Labute approximate surface area is 127 Å². The molecule has 118 valence electrons. The number of aromatic nitrogens is 1. The third-order valence-electron chi connectivity index (χ3n) is 3.51. The molecule has 1 aromatic rings. The molecule has 0 fully saturated rings. The van der Waals surface area contributed by atoms with E-state index in [-0.39, 0.29) is 5.97 Å². The number of hydrogen-bond acceptors (Lipinski definition) is 5. The Hall–Kier alpha value is -1.46. The van der Waals surface area contributed by atoms with Crippen molar-refractivity contribution in [2.45, 2.75) is 38.6 Å². The second kappa shape index (κ2) is 8.74. The number of carbonyl (C=O) groups is 1. The van der Waals surface area contributed by atoms with Crippen LogP contribution >= 0.6 is 0 Å². The van der Waals surface area contributed by atoms with Crippen LogP contribution in [0.3, 0.4) is 0 Å². The summed E-state index contributed by atoms with van der Waals surface area (Å²) < 4.78 is 4.99. The summed E-state index contributed by atoms with van der Waals surface area (Å²) in [6, 6.07) is 4.07. The van der Waals surface area contributed by atoms with Crippen LogP contribution in [0.25, 0.3) is 0 Å². The molecular formula is C16H27N3O2. The first-order valence-corrected chi connectivity index (χ1v) is 7.49. The number of ether oxygens (including phenoxy) is 1. The second-order valence-corrected chi connectivity index (χ2v) is 5.65. The molecule has 21 heavy (non-hydrogen) atoms. The Morgan fingerprint density at radius 2 is 2.05 bits per heavy atom. The number of likely N-dealkylation sites (N-methyl/N-ethyl adjacent to an activating group) is 1. The molecule has 0 bridgehead atoms. The molecule has 1 unspecified atom stereocenters. The van der Waals surface area contributed by atoms with Crippen LogP contribution in [0.4, 0.5) is 0 Å². The van der Waals surface area contributed by atoms with Gasteiger partial charge in [-0.05, 0) is 64.4 Å². The summed E-state index contributed by atoms with van der Waals surface area (Å²) in [6.07, 6.45) is 6.13. The Kier molecular flexibility index (Phi) is 7.32. The van der Waals surface area contributed by atoms with Crippen molar-refractivity contribution in [2.75, 3.05) is 26.7 Å². The average molecular weight is 293 g/mol. The van der Waals surface area contributed by atoms with E-state index >= 15 is 0 Å². The van der Waals surface area contributed by atoms with E-state index in [0.29, 0.717) is 13.0 Å². The van der Waals surface area contributed by atoms with Crippen LogP contribution in [0.5, 0.6) is 0 Å². The molecule has 1 aromatic heterocycles. The third-order valence-corrected chi connectivity index (χ3v) is 3.51. The molecule has 2 N–H and O–H groups in total. The minimum absolute atomic E-state index is 0.315. The molecule has 1 atom stereocenters. The summed E-state index contributed by atoms with van der Waals surface area (Å²) in [5.74, 6) is -0.315. The van der Waals surface area contributed by atoms with Crippen molar-refractivity contribution < 1.29 is 9.53 Å². The predicted molar refractivity (Wildman–Crippen MR) is 83.9 cm³/mol. The number of pyridine rings is 1. The standard InChI is InChI=1S/C16H27N3O2/c1-4-21-15(20)16(2,17)9-5-12-19(3)13-8-14-6-10-18-11-7-14/h6-7,10-11H,4-5,8-9,12-13,17H2,1-3H3. The van der Waals surface area contributed by atoms with Gasteiger partial charge in [0.1, 0.15) is 5.54 Å². The minimum Gasteiger partial charge on any atom is -0.465 e. The zero-order valence-corrected chi connectivity index (χ0v) is 13.3. The summed E-state index contributed by atoms with van der Waals surface area (Å²) in [4.78, 5) is 17.9. The van der Waals surface area contributed by atoms with Gasteiger partial charge in [0.2, 0.25) is 0 Å². The molecule has 1 rings (SSSR count).